The number of anilines is 2. The molecule has 7 nitrogen and oxygen atoms in total. The maximum Gasteiger partial charge on any atom is 0.259 e. The predicted octanol–water partition coefficient (Wildman–Crippen LogP) is 4.39. The zero-order chi connectivity index (χ0) is 24.4. The van der Waals surface area contributed by atoms with E-state index in [1.54, 1.807) is 29.2 Å². The Morgan fingerprint density at radius 1 is 1.00 bits per heavy atom. The van der Waals surface area contributed by atoms with Crippen LogP contribution in [0, 0.1) is 12.7 Å². The zero-order valence-corrected chi connectivity index (χ0v) is 19.8. The summed E-state index contributed by atoms with van der Waals surface area (Å²) in [6, 6.07) is 17.6. The molecule has 178 valence electrons. The summed E-state index contributed by atoms with van der Waals surface area (Å²) >= 11 is 0. The second kappa shape index (κ2) is 9.68. The summed E-state index contributed by atoms with van der Waals surface area (Å²) in [5.41, 5.74) is 4.14. The number of hydrogen-bond donors (Lipinski definition) is 1. The molecule has 35 heavy (non-hydrogen) atoms. The molecule has 5 rings (SSSR count). The average molecular weight is 471 g/mol. The van der Waals surface area contributed by atoms with Crippen molar-refractivity contribution < 1.29 is 9.18 Å². The van der Waals surface area contributed by atoms with E-state index in [9.17, 15) is 9.18 Å². The molecule has 0 unspecified atom stereocenters. The number of benzene rings is 2. The van der Waals surface area contributed by atoms with E-state index in [0.29, 0.717) is 22.6 Å². The molecule has 1 aliphatic heterocycles. The van der Waals surface area contributed by atoms with Gasteiger partial charge >= 0.3 is 0 Å². The molecule has 8 heteroatoms. The highest BCUT2D eigenvalue weighted by atomic mass is 19.1. The maximum absolute atomic E-state index is 13.4. The second-order valence-corrected chi connectivity index (χ2v) is 8.83. The van der Waals surface area contributed by atoms with Crippen LogP contribution in [0.1, 0.15) is 15.9 Å². The van der Waals surface area contributed by atoms with E-state index in [1.165, 1.54) is 12.1 Å². The van der Waals surface area contributed by atoms with E-state index in [-0.39, 0.29) is 11.7 Å². The van der Waals surface area contributed by atoms with Gasteiger partial charge in [0.05, 0.1) is 23.1 Å². The molecule has 0 saturated carbocycles. The molecule has 2 aromatic carbocycles. The van der Waals surface area contributed by atoms with E-state index < -0.39 is 0 Å². The Labute approximate surface area is 203 Å². The molecule has 0 bridgehead atoms. The lowest BCUT2D eigenvalue weighted by Crippen LogP contribution is -2.44. The van der Waals surface area contributed by atoms with E-state index in [2.05, 4.69) is 32.2 Å². The van der Waals surface area contributed by atoms with E-state index in [1.807, 2.05) is 43.3 Å². The zero-order valence-electron chi connectivity index (χ0n) is 19.8. The standard InChI is InChI=1S/C27H27FN6O/c1-19-4-3-5-20(16-19)26-24(18-34(31-26)23-9-6-21(28)7-10-23)27(35)30-22-8-11-25(29-17-22)33-14-12-32(2)13-15-33/h3-11,16-18H,12-15H2,1-2H3,(H,30,35). The highest BCUT2D eigenvalue weighted by molar-refractivity contribution is 6.08. The van der Waals surface area contributed by atoms with Gasteiger partial charge in [0.15, 0.2) is 0 Å². The van der Waals surface area contributed by atoms with Crippen molar-refractivity contribution >= 4 is 17.4 Å². The molecule has 0 radical (unpaired) electrons. The van der Waals surface area contributed by atoms with Gasteiger partial charge in [0.2, 0.25) is 0 Å². The summed E-state index contributed by atoms with van der Waals surface area (Å²) in [5.74, 6) is 0.287. The van der Waals surface area contributed by atoms with Crippen molar-refractivity contribution in [3.05, 3.63) is 90.0 Å². The van der Waals surface area contributed by atoms with Crippen LogP contribution in [0.4, 0.5) is 15.9 Å². The van der Waals surface area contributed by atoms with E-state index >= 15 is 0 Å². The number of rotatable bonds is 5. The van der Waals surface area contributed by atoms with Crippen molar-refractivity contribution in [1.82, 2.24) is 19.7 Å². The molecule has 3 heterocycles. The topological polar surface area (TPSA) is 66.3 Å². The van der Waals surface area contributed by atoms with Gasteiger partial charge in [0.1, 0.15) is 17.3 Å². The number of piperazine rings is 1. The highest BCUT2D eigenvalue weighted by Gasteiger charge is 2.20. The van der Waals surface area contributed by atoms with Crippen LogP contribution in [0.5, 0.6) is 0 Å². The number of nitrogens with zero attached hydrogens (tertiary/aromatic N) is 5. The SMILES string of the molecule is Cc1cccc(-c2nn(-c3ccc(F)cc3)cc2C(=O)Nc2ccc(N3CCN(C)CC3)nc2)c1. The van der Waals surface area contributed by atoms with E-state index in [0.717, 1.165) is 43.1 Å². The molecular weight excluding hydrogens is 443 g/mol. The molecule has 1 amide bonds. The summed E-state index contributed by atoms with van der Waals surface area (Å²) in [7, 11) is 2.12. The van der Waals surface area contributed by atoms with Crippen molar-refractivity contribution in [2.24, 2.45) is 0 Å². The van der Waals surface area contributed by atoms with Gasteiger partial charge in [0.25, 0.3) is 5.91 Å². The Kier molecular flexibility index (Phi) is 6.29. The van der Waals surface area contributed by atoms with Crippen molar-refractivity contribution in [3.63, 3.8) is 0 Å². The molecule has 1 N–H and O–H groups in total. The fraction of sp³-hybridized carbons (Fsp3) is 0.222. The predicted molar refractivity (Wildman–Crippen MR) is 136 cm³/mol. The Hall–Kier alpha value is -4.04. The lowest BCUT2D eigenvalue weighted by molar-refractivity contribution is 0.102. The number of nitrogens with one attached hydrogen (secondary N) is 1. The first kappa shape index (κ1) is 22.7. The fourth-order valence-corrected chi connectivity index (χ4v) is 4.15. The van der Waals surface area contributed by atoms with Gasteiger partial charge in [-0.1, -0.05) is 23.8 Å². The van der Waals surface area contributed by atoms with Gasteiger partial charge in [-0.25, -0.2) is 14.1 Å². The molecule has 0 atom stereocenters. The number of carbonyl (C=O) groups excluding carboxylic acids is 1. The number of carbonyl (C=O) groups is 1. The number of likely N-dealkylation sites (N-methyl/N-ethyl adjacent to an activating group) is 1. The summed E-state index contributed by atoms with van der Waals surface area (Å²) < 4.78 is 15.0. The largest absolute Gasteiger partial charge is 0.354 e. The number of pyridine rings is 1. The van der Waals surface area contributed by atoms with Crippen LogP contribution in [0.25, 0.3) is 16.9 Å². The van der Waals surface area contributed by atoms with Crippen LogP contribution in [0.15, 0.2) is 73.1 Å². The molecule has 2 aromatic heterocycles. The van der Waals surface area contributed by atoms with Crippen LogP contribution in [-0.2, 0) is 0 Å². The minimum atomic E-state index is -0.328. The van der Waals surface area contributed by atoms with Crippen molar-refractivity contribution in [2.75, 3.05) is 43.4 Å². The summed E-state index contributed by atoms with van der Waals surface area (Å²) in [6.07, 6.45) is 3.36. The normalized spacial score (nSPS) is 14.2. The van der Waals surface area contributed by atoms with Gasteiger partial charge in [-0.3, -0.25) is 4.79 Å². The van der Waals surface area contributed by atoms with Crippen LogP contribution in [0.3, 0.4) is 0 Å². The number of aromatic nitrogens is 3. The monoisotopic (exact) mass is 470 g/mol. The summed E-state index contributed by atoms with van der Waals surface area (Å²) in [6.45, 7) is 5.85. The molecule has 1 aliphatic rings. The first-order chi connectivity index (χ1) is 17.0. The van der Waals surface area contributed by atoms with Crippen LogP contribution in [-0.4, -0.2) is 58.8 Å². The van der Waals surface area contributed by atoms with Crippen LogP contribution >= 0.6 is 0 Å². The van der Waals surface area contributed by atoms with Crippen LogP contribution < -0.4 is 10.2 Å². The highest BCUT2D eigenvalue weighted by Crippen LogP contribution is 2.26. The number of amides is 1. The number of hydrogen-bond acceptors (Lipinski definition) is 5. The average Bonchev–Trinajstić information content (AvgIpc) is 3.31. The molecule has 1 fully saturated rings. The first-order valence-electron chi connectivity index (χ1n) is 11.6. The van der Waals surface area contributed by atoms with Gasteiger partial charge in [-0.2, -0.15) is 5.10 Å². The van der Waals surface area contributed by atoms with Gasteiger partial charge < -0.3 is 15.1 Å². The lowest BCUT2D eigenvalue weighted by atomic mass is 10.1. The molecule has 0 spiro atoms. The Bertz CT molecular complexity index is 1320. The molecule has 4 aromatic rings. The quantitative estimate of drug-likeness (QED) is 0.469. The number of aryl methyl sites for hydroxylation is 1. The third-order valence-corrected chi connectivity index (χ3v) is 6.17. The second-order valence-electron chi connectivity index (χ2n) is 8.83. The minimum Gasteiger partial charge on any atom is -0.354 e. The van der Waals surface area contributed by atoms with Crippen molar-refractivity contribution in [3.8, 4) is 16.9 Å². The number of halogens is 1. The van der Waals surface area contributed by atoms with Crippen molar-refractivity contribution in [1.29, 1.82) is 0 Å². The fourth-order valence-electron chi connectivity index (χ4n) is 4.15. The molecule has 1 saturated heterocycles. The smallest absolute Gasteiger partial charge is 0.259 e. The first-order valence-corrected chi connectivity index (χ1v) is 11.6. The van der Waals surface area contributed by atoms with Crippen LogP contribution in [0.2, 0.25) is 0 Å². The van der Waals surface area contributed by atoms with Crippen molar-refractivity contribution in [2.45, 2.75) is 6.92 Å². The lowest BCUT2D eigenvalue weighted by Gasteiger charge is -2.33. The molecule has 0 aliphatic carbocycles. The van der Waals surface area contributed by atoms with E-state index in [4.69, 9.17) is 0 Å². The third kappa shape index (κ3) is 5.07. The molecular formula is C27H27FN6O. The third-order valence-electron chi connectivity index (χ3n) is 6.17. The van der Waals surface area contributed by atoms with Gasteiger partial charge in [0, 0.05) is 37.9 Å². The minimum absolute atomic E-state index is 0.288. The summed E-state index contributed by atoms with van der Waals surface area (Å²) in [4.78, 5) is 22.4. The maximum atomic E-state index is 13.4. The Morgan fingerprint density at radius 2 is 1.77 bits per heavy atom. The van der Waals surface area contributed by atoms with Gasteiger partial charge in [-0.15, -0.1) is 0 Å². The Balaban J connectivity index is 1.41. The Morgan fingerprint density at radius 3 is 2.46 bits per heavy atom. The van der Waals surface area contributed by atoms with Gasteiger partial charge in [-0.05, 0) is 56.4 Å². The summed E-state index contributed by atoms with van der Waals surface area (Å²) in [5, 5.41) is 7.63.